The standard InChI is InChI=1S/C12H17N3O3S/c13-12(14-16)10-4-1-2-5-11(10)15-6-3-8-19(17,18)9-7-15/h1-2,4-5,16H,3,6-9H2,(H2,13,14). The Morgan fingerprint density at radius 2 is 2.00 bits per heavy atom. The monoisotopic (exact) mass is 283 g/mol. The first-order chi connectivity index (χ1) is 9.03. The molecule has 1 heterocycles. The van der Waals surface area contributed by atoms with Crippen LogP contribution in [0.5, 0.6) is 0 Å². The molecule has 1 saturated heterocycles. The van der Waals surface area contributed by atoms with Gasteiger partial charge in [-0.05, 0) is 18.6 Å². The van der Waals surface area contributed by atoms with Crippen LogP contribution in [-0.2, 0) is 9.84 Å². The molecule has 1 aliphatic heterocycles. The van der Waals surface area contributed by atoms with Crippen LogP contribution in [0, 0.1) is 0 Å². The van der Waals surface area contributed by atoms with E-state index in [9.17, 15) is 8.42 Å². The molecule has 0 radical (unpaired) electrons. The molecule has 7 heteroatoms. The Labute approximate surface area is 112 Å². The zero-order valence-electron chi connectivity index (χ0n) is 10.5. The summed E-state index contributed by atoms with van der Waals surface area (Å²) in [6, 6.07) is 7.25. The van der Waals surface area contributed by atoms with Crippen molar-refractivity contribution >= 4 is 21.4 Å². The van der Waals surface area contributed by atoms with Crippen molar-refractivity contribution in [3.8, 4) is 0 Å². The van der Waals surface area contributed by atoms with E-state index in [0.717, 1.165) is 5.69 Å². The Bertz CT molecular complexity index is 584. The highest BCUT2D eigenvalue weighted by molar-refractivity contribution is 7.91. The van der Waals surface area contributed by atoms with Crippen molar-refractivity contribution in [3.63, 3.8) is 0 Å². The molecular weight excluding hydrogens is 266 g/mol. The van der Waals surface area contributed by atoms with E-state index in [0.29, 0.717) is 25.1 Å². The minimum atomic E-state index is -2.95. The van der Waals surface area contributed by atoms with Crippen LogP contribution in [0.15, 0.2) is 29.4 Å². The number of rotatable bonds is 2. The second kappa shape index (κ2) is 5.48. The third-order valence-electron chi connectivity index (χ3n) is 3.18. The summed E-state index contributed by atoms with van der Waals surface area (Å²) in [4.78, 5) is 1.97. The average molecular weight is 283 g/mol. The van der Waals surface area contributed by atoms with Crippen molar-refractivity contribution in [1.29, 1.82) is 0 Å². The van der Waals surface area contributed by atoms with E-state index in [1.807, 2.05) is 17.0 Å². The van der Waals surface area contributed by atoms with Gasteiger partial charge in [-0.3, -0.25) is 0 Å². The van der Waals surface area contributed by atoms with Gasteiger partial charge < -0.3 is 15.8 Å². The molecule has 0 spiro atoms. The Hall–Kier alpha value is -1.76. The molecule has 0 aliphatic carbocycles. The van der Waals surface area contributed by atoms with Gasteiger partial charge in [0.05, 0.1) is 11.5 Å². The van der Waals surface area contributed by atoms with E-state index < -0.39 is 9.84 Å². The van der Waals surface area contributed by atoms with E-state index in [4.69, 9.17) is 10.9 Å². The van der Waals surface area contributed by atoms with Gasteiger partial charge >= 0.3 is 0 Å². The zero-order chi connectivity index (χ0) is 13.9. The van der Waals surface area contributed by atoms with Gasteiger partial charge in [-0.2, -0.15) is 0 Å². The van der Waals surface area contributed by atoms with E-state index in [2.05, 4.69) is 5.16 Å². The summed E-state index contributed by atoms with van der Waals surface area (Å²) in [5, 5.41) is 11.8. The second-order valence-electron chi connectivity index (χ2n) is 4.49. The summed E-state index contributed by atoms with van der Waals surface area (Å²) in [5.74, 6) is 0.384. The number of hydrogen-bond donors (Lipinski definition) is 2. The maximum absolute atomic E-state index is 11.6. The predicted octanol–water partition coefficient (Wildman–Crippen LogP) is 0.406. The quantitative estimate of drug-likeness (QED) is 0.354. The fourth-order valence-electron chi connectivity index (χ4n) is 2.20. The van der Waals surface area contributed by atoms with Crippen LogP contribution in [0.2, 0.25) is 0 Å². The summed E-state index contributed by atoms with van der Waals surface area (Å²) in [7, 11) is -2.95. The number of anilines is 1. The molecule has 6 nitrogen and oxygen atoms in total. The summed E-state index contributed by atoms with van der Waals surface area (Å²) in [6.45, 7) is 1.08. The summed E-state index contributed by atoms with van der Waals surface area (Å²) < 4.78 is 23.2. The van der Waals surface area contributed by atoms with Gasteiger partial charge in [0, 0.05) is 24.3 Å². The molecule has 1 aliphatic rings. The second-order valence-corrected chi connectivity index (χ2v) is 6.80. The van der Waals surface area contributed by atoms with Crippen molar-refractivity contribution in [2.24, 2.45) is 10.9 Å². The molecule has 1 fully saturated rings. The van der Waals surface area contributed by atoms with Crippen LogP contribution in [0.1, 0.15) is 12.0 Å². The van der Waals surface area contributed by atoms with Crippen LogP contribution in [0.3, 0.4) is 0 Å². The molecule has 0 saturated carbocycles. The summed E-state index contributed by atoms with van der Waals surface area (Å²) in [5.41, 5.74) is 7.07. The highest BCUT2D eigenvalue weighted by Crippen LogP contribution is 2.22. The van der Waals surface area contributed by atoms with Crippen molar-refractivity contribution < 1.29 is 13.6 Å². The topological polar surface area (TPSA) is 96.0 Å². The number of oxime groups is 1. The Morgan fingerprint density at radius 3 is 2.74 bits per heavy atom. The lowest BCUT2D eigenvalue weighted by Crippen LogP contribution is -2.29. The van der Waals surface area contributed by atoms with E-state index >= 15 is 0 Å². The number of benzene rings is 1. The molecule has 104 valence electrons. The highest BCUT2D eigenvalue weighted by Gasteiger charge is 2.21. The average Bonchev–Trinajstić information content (AvgIpc) is 2.59. The minimum Gasteiger partial charge on any atom is -0.409 e. The number of nitrogens with two attached hydrogens (primary N) is 1. The van der Waals surface area contributed by atoms with Gasteiger partial charge in [-0.1, -0.05) is 17.3 Å². The molecule has 0 amide bonds. The predicted molar refractivity (Wildman–Crippen MR) is 74.4 cm³/mol. The molecule has 0 bridgehead atoms. The molecule has 2 rings (SSSR count). The summed E-state index contributed by atoms with van der Waals surface area (Å²) >= 11 is 0. The van der Waals surface area contributed by atoms with Crippen molar-refractivity contribution in [2.75, 3.05) is 29.5 Å². The van der Waals surface area contributed by atoms with Crippen LogP contribution in [0.4, 0.5) is 5.69 Å². The fraction of sp³-hybridized carbons (Fsp3) is 0.417. The molecule has 0 aromatic heterocycles. The Morgan fingerprint density at radius 1 is 1.26 bits per heavy atom. The van der Waals surface area contributed by atoms with E-state index in [1.54, 1.807) is 12.1 Å². The maximum Gasteiger partial charge on any atom is 0.172 e. The largest absolute Gasteiger partial charge is 0.409 e. The lowest BCUT2D eigenvalue weighted by molar-refractivity contribution is 0.318. The Balaban J connectivity index is 2.32. The highest BCUT2D eigenvalue weighted by atomic mass is 32.2. The SMILES string of the molecule is N/C(=N/O)c1ccccc1N1CCCS(=O)(=O)CC1. The molecular formula is C12H17N3O3S. The van der Waals surface area contributed by atoms with Crippen LogP contribution >= 0.6 is 0 Å². The van der Waals surface area contributed by atoms with E-state index in [1.165, 1.54) is 0 Å². The first kappa shape index (κ1) is 13.7. The third-order valence-corrected chi connectivity index (χ3v) is 4.90. The number of para-hydroxylation sites is 1. The lowest BCUT2D eigenvalue weighted by atomic mass is 10.1. The van der Waals surface area contributed by atoms with Gasteiger partial charge in [-0.15, -0.1) is 0 Å². The van der Waals surface area contributed by atoms with Crippen LogP contribution < -0.4 is 10.6 Å². The summed E-state index contributed by atoms with van der Waals surface area (Å²) in [6.07, 6.45) is 0.590. The number of hydrogen-bond acceptors (Lipinski definition) is 5. The van der Waals surface area contributed by atoms with Gasteiger partial charge in [0.2, 0.25) is 0 Å². The maximum atomic E-state index is 11.6. The lowest BCUT2D eigenvalue weighted by Gasteiger charge is -2.24. The van der Waals surface area contributed by atoms with Crippen molar-refractivity contribution in [1.82, 2.24) is 0 Å². The first-order valence-corrected chi connectivity index (χ1v) is 7.88. The van der Waals surface area contributed by atoms with Gasteiger partial charge in [0.1, 0.15) is 0 Å². The molecule has 1 aromatic carbocycles. The van der Waals surface area contributed by atoms with Gasteiger partial charge in [-0.25, -0.2) is 8.42 Å². The first-order valence-electron chi connectivity index (χ1n) is 6.06. The van der Waals surface area contributed by atoms with Crippen LogP contribution in [-0.4, -0.2) is 44.1 Å². The van der Waals surface area contributed by atoms with Crippen LogP contribution in [0.25, 0.3) is 0 Å². The third kappa shape index (κ3) is 3.17. The van der Waals surface area contributed by atoms with Crippen molar-refractivity contribution in [3.05, 3.63) is 29.8 Å². The molecule has 19 heavy (non-hydrogen) atoms. The van der Waals surface area contributed by atoms with Crippen molar-refractivity contribution in [2.45, 2.75) is 6.42 Å². The van der Waals surface area contributed by atoms with E-state index in [-0.39, 0.29) is 17.3 Å². The van der Waals surface area contributed by atoms with Gasteiger partial charge in [0.25, 0.3) is 0 Å². The smallest absolute Gasteiger partial charge is 0.172 e. The molecule has 0 atom stereocenters. The Kier molecular flexibility index (Phi) is 3.94. The number of amidine groups is 1. The minimum absolute atomic E-state index is 0.0303. The molecule has 0 unspecified atom stereocenters. The fourth-order valence-corrected chi connectivity index (χ4v) is 3.47. The number of sulfone groups is 1. The van der Waals surface area contributed by atoms with Gasteiger partial charge in [0.15, 0.2) is 15.7 Å². The zero-order valence-corrected chi connectivity index (χ0v) is 11.3. The molecule has 3 N–H and O–H groups in total. The molecule has 1 aromatic rings. The normalized spacial score (nSPS) is 20.0. The number of nitrogens with zero attached hydrogens (tertiary/aromatic N) is 2.